The molecule has 7 rings (SSSR count). The molecule has 0 saturated carbocycles. The summed E-state index contributed by atoms with van der Waals surface area (Å²) in [6.45, 7) is 2.98. The number of aliphatic hydroxyl groups is 1. The van der Waals surface area contributed by atoms with Crippen LogP contribution in [-0.4, -0.2) is 64.5 Å². The number of nitrogens with one attached hydrogen (secondary N) is 4. The Morgan fingerprint density at radius 2 is 1.91 bits per heavy atom. The first-order valence-electron chi connectivity index (χ1n) is 14.8. The second-order valence-electron chi connectivity index (χ2n) is 11.5. The van der Waals surface area contributed by atoms with E-state index in [9.17, 15) is 10.4 Å². The van der Waals surface area contributed by atoms with E-state index in [4.69, 9.17) is 27.9 Å². The van der Waals surface area contributed by atoms with Crippen molar-refractivity contribution in [2.45, 2.75) is 30.7 Å². The fourth-order valence-electron chi connectivity index (χ4n) is 6.13. The van der Waals surface area contributed by atoms with Crippen molar-refractivity contribution in [3.8, 4) is 6.07 Å². The lowest BCUT2D eigenvalue weighted by Gasteiger charge is -2.45. The number of β-amino-alcohol motifs (C(OH)–C–C–N with tert-alkyl or cyclic N) is 1. The number of aliphatic hydroxyl groups excluding tert-OH is 1. The standard InChI is InChI=1S/C33H32Cl2N8O2/c34-22-7-4-8-23(11-22)38-31-21(14-36)15-37-33-26(31)12-24(13-27(33)35)39-32(20-5-2-1-3-6-20)28-16-43(41-40-28)29-9-10-42(17-30(29)44)25-18-45-19-25/h1-8,11-13,15-16,25,29-30,32,39-41,44H,9-10,17-19H2,(H,37,38)/t29?,30-,32+/m1/s1. The van der Waals surface area contributed by atoms with E-state index in [2.05, 4.69) is 49.7 Å². The molecule has 5 N–H and O–H groups in total. The zero-order valence-electron chi connectivity index (χ0n) is 24.3. The average molecular weight is 644 g/mol. The third-order valence-electron chi connectivity index (χ3n) is 8.57. The minimum atomic E-state index is -0.515. The molecule has 4 heterocycles. The predicted molar refractivity (Wildman–Crippen MR) is 176 cm³/mol. The van der Waals surface area contributed by atoms with Crippen LogP contribution in [0.1, 0.15) is 23.6 Å². The van der Waals surface area contributed by atoms with Gasteiger partial charge in [0.2, 0.25) is 0 Å². The Morgan fingerprint density at radius 3 is 2.64 bits per heavy atom. The summed E-state index contributed by atoms with van der Waals surface area (Å²) in [5.41, 5.74) is 11.5. The van der Waals surface area contributed by atoms with Crippen LogP contribution in [0.4, 0.5) is 17.1 Å². The number of anilines is 3. The second-order valence-corrected chi connectivity index (χ2v) is 12.3. The molecular formula is C33H32Cl2N8O2. The van der Waals surface area contributed by atoms with Crippen molar-refractivity contribution in [1.82, 2.24) is 25.9 Å². The van der Waals surface area contributed by atoms with Crippen molar-refractivity contribution >= 4 is 51.2 Å². The van der Waals surface area contributed by atoms with E-state index in [-0.39, 0.29) is 12.1 Å². The van der Waals surface area contributed by atoms with E-state index in [0.29, 0.717) is 44.8 Å². The number of ether oxygens (including phenoxy) is 1. The van der Waals surface area contributed by atoms with Gasteiger partial charge in [-0.2, -0.15) is 5.26 Å². The Labute approximate surface area is 271 Å². The first kappa shape index (κ1) is 29.6. The largest absolute Gasteiger partial charge is 0.390 e. The quantitative estimate of drug-likeness (QED) is 0.173. The Bertz CT molecular complexity index is 1780. The van der Waals surface area contributed by atoms with Crippen LogP contribution in [0.25, 0.3) is 10.9 Å². The number of hydrazine groups is 2. The molecule has 1 aromatic heterocycles. The summed E-state index contributed by atoms with van der Waals surface area (Å²) < 4.78 is 5.35. The number of benzene rings is 3. The van der Waals surface area contributed by atoms with Crippen LogP contribution in [0, 0.1) is 11.3 Å². The predicted octanol–water partition coefficient (Wildman–Crippen LogP) is 5.31. The summed E-state index contributed by atoms with van der Waals surface area (Å²) in [4.78, 5) is 6.82. The highest BCUT2D eigenvalue weighted by Crippen LogP contribution is 2.37. The molecule has 12 heteroatoms. The maximum atomic E-state index is 11.1. The summed E-state index contributed by atoms with van der Waals surface area (Å²) in [6.07, 6.45) is 3.84. The van der Waals surface area contributed by atoms with Gasteiger partial charge in [-0.3, -0.25) is 14.9 Å². The zero-order valence-corrected chi connectivity index (χ0v) is 25.8. The molecule has 2 saturated heterocycles. The minimum Gasteiger partial charge on any atom is -0.390 e. The summed E-state index contributed by atoms with van der Waals surface area (Å²) in [6, 6.07) is 23.5. The highest BCUT2D eigenvalue weighted by atomic mass is 35.5. The minimum absolute atomic E-state index is 0.0885. The molecular weight excluding hydrogens is 611 g/mol. The van der Waals surface area contributed by atoms with Crippen molar-refractivity contribution in [3.63, 3.8) is 0 Å². The van der Waals surface area contributed by atoms with Gasteiger partial charge in [0.05, 0.1) is 64.9 Å². The SMILES string of the molecule is N#Cc1cnc2c(Cl)cc(N[C@H](C3=CN(C4CCN(C5COC5)C[C@H]4O)NN3)c3ccccc3)cc2c1Nc1cccc(Cl)c1. The lowest BCUT2D eigenvalue weighted by Crippen LogP contribution is -2.61. The summed E-state index contributed by atoms with van der Waals surface area (Å²) in [5, 5.41) is 31.7. The molecule has 0 aliphatic carbocycles. The zero-order chi connectivity index (χ0) is 30.9. The number of aromatic nitrogens is 1. The van der Waals surface area contributed by atoms with Crippen LogP contribution >= 0.6 is 23.2 Å². The van der Waals surface area contributed by atoms with Crippen LogP contribution in [0.2, 0.25) is 10.0 Å². The number of rotatable bonds is 8. The van der Waals surface area contributed by atoms with Gasteiger partial charge in [-0.25, -0.2) is 0 Å². The van der Waals surface area contributed by atoms with Gasteiger partial charge in [0, 0.05) is 47.3 Å². The third kappa shape index (κ3) is 6.11. The number of hydrogen-bond donors (Lipinski definition) is 5. The molecule has 2 fully saturated rings. The van der Waals surface area contributed by atoms with E-state index in [1.54, 1.807) is 12.1 Å². The molecule has 0 bridgehead atoms. The molecule has 0 amide bonds. The van der Waals surface area contributed by atoms with E-state index in [0.717, 1.165) is 48.8 Å². The summed E-state index contributed by atoms with van der Waals surface area (Å²) in [7, 11) is 0. The van der Waals surface area contributed by atoms with Gasteiger partial charge in [0.25, 0.3) is 0 Å². The number of pyridine rings is 1. The van der Waals surface area contributed by atoms with E-state index >= 15 is 0 Å². The Hall–Kier alpha value is -4.08. The number of hydrogen-bond acceptors (Lipinski definition) is 10. The molecule has 1 unspecified atom stereocenters. The highest BCUT2D eigenvalue weighted by molar-refractivity contribution is 6.36. The van der Waals surface area contributed by atoms with Crippen molar-refractivity contribution in [1.29, 1.82) is 5.26 Å². The van der Waals surface area contributed by atoms with Gasteiger partial charge in [-0.15, -0.1) is 5.53 Å². The van der Waals surface area contributed by atoms with Crippen LogP contribution in [-0.2, 0) is 4.74 Å². The number of nitriles is 1. The number of halogens is 2. The van der Waals surface area contributed by atoms with Gasteiger partial charge in [-0.1, -0.05) is 59.6 Å². The molecule has 0 radical (unpaired) electrons. The van der Waals surface area contributed by atoms with Crippen LogP contribution in [0.15, 0.2) is 84.8 Å². The van der Waals surface area contributed by atoms with E-state index < -0.39 is 6.10 Å². The smallest absolute Gasteiger partial charge is 0.103 e. The number of nitrogens with zero attached hydrogens (tertiary/aromatic N) is 4. The summed E-state index contributed by atoms with van der Waals surface area (Å²) >= 11 is 13.0. The fraction of sp³-hybridized carbons (Fsp3) is 0.273. The normalized spacial score (nSPS) is 21.0. The third-order valence-corrected chi connectivity index (χ3v) is 9.10. The molecule has 10 nitrogen and oxygen atoms in total. The lowest BCUT2D eigenvalue weighted by atomic mass is 9.99. The number of piperidine rings is 1. The Kier molecular flexibility index (Phi) is 8.38. The molecule has 3 aliphatic heterocycles. The monoisotopic (exact) mass is 642 g/mol. The van der Waals surface area contributed by atoms with Crippen molar-refractivity contribution < 1.29 is 9.84 Å². The maximum absolute atomic E-state index is 11.1. The second kappa shape index (κ2) is 12.7. The van der Waals surface area contributed by atoms with Crippen LogP contribution in [0.3, 0.4) is 0 Å². The van der Waals surface area contributed by atoms with Crippen molar-refractivity contribution in [2.24, 2.45) is 0 Å². The van der Waals surface area contributed by atoms with Crippen molar-refractivity contribution in [2.75, 3.05) is 36.9 Å². The van der Waals surface area contributed by atoms with Crippen LogP contribution in [0.5, 0.6) is 0 Å². The first-order valence-corrected chi connectivity index (χ1v) is 15.6. The van der Waals surface area contributed by atoms with Gasteiger partial charge < -0.3 is 25.9 Å². The van der Waals surface area contributed by atoms with Gasteiger partial charge >= 0.3 is 0 Å². The Morgan fingerprint density at radius 1 is 1.07 bits per heavy atom. The average Bonchev–Trinajstić information content (AvgIpc) is 3.49. The molecule has 4 aromatic rings. The fourth-order valence-corrected chi connectivity index (χ4v) is 6.59. The molecule has 3 atom stereocenters. The number of likely N-dealkylation sites (tertiary alicyclic amines) is 1. The highest BCUT2D eigenvalue weighted by Gasteiger charge is 2.38. The van der Waals surface area contributed by atoms with Gasteiger partial charge in [0.15, 0.2) is 0 Å². The van der Waals surface area contributed by atoms with Crippen molar-refractivity contribution in [3.05, 3.63) is 106 Å². The summed E-state index contributed by atoms with van der Waals surface area (Å²) in [5.74, 6) is 0. The Balaban J connectivity index is 1.20. The molecule has 0 spiro atoms. The van der Waals surface area contributed by atoms with E-state index in [1.165, 1.54) is 6.20 Å². The van der Waals surface area contributed by atoms with Crippen LogP contribution < -0.4 is 21.6 Å². The maximum Gasteiger partial charge on any atom is 0.103 e. The molecule has 3 aliphatic rings. The number of fused-ring (bicyclic) bond motifs is 1. The van der Waals surface area contributed by atoms with E-state index in [1.807, 2.05) is 53.7 Å². The molecule has 45 heavy (non-hydrogen) atoms. The van der Waals surface area contributed by atoms with Gasteiger partial charge in [-0.05, 0) is 42.3 Å². The molecule has 230 valence electrons. The topological polar surface area (TPSA) is 121 Å². The first-order chi connectivity index (χ1) is 22.0. The van der Waals surface area contributed by atoms with Gasteiger partial charge in [0.1, 0.15) is 6.07 Å². The molecule has 3 aromatic carbocycles. The lowest BCUT2D eigenvalue weighted by molar-refractivity contribution is -0.101.